The summed E-state index contributed by atoms with van der Waals surface area (Å²) in [7, 11) is 2.19. The number of aryl methyl sites for hydroxylation is 2. The van der Waals surface area contributed by atoms with E-state index < -0.39 is 0 Å². The monoisotopic (exact) mass is 635 g/mol. The zero-order valence-corrected chi connectivity index (χ0v) is 28.3. The maximum absolute atomic E-state index is 12.2. The molecule has 0 unspecified atom stereocenters. The average Bonchev–Trinajstić information content (AvgIpc) is 3.91. The third-order valence-corrected chi connectivity index (χ3v) is 11.2. The molecule has 4 aliphatic rings. The number of nitrogens with one attached hydrogen (secondary N) is 1. The molecular weight excluding hydrogens is 586 g/mol. The quantitative estimate of drug-likeness (QED) is 0.170. The molecular formula is C38H49N7O2. The highest BCUT2D eigenvalue weighted by Crippen LogP contribution is 2.48. The van der Waals surface area contributed by atoms with Crippen LogP contribution in [0.15, 0.2) is 30.9 Å². The highest BCUT2D eigenvalue weighted by molar-refractivity contribution is 6.04. The van der Waals surface area contributed by atoms with Crippen molar-refractivity contribution in [2.24, 2.45) is 11.3 Å². The SMILES string of the molecule is C=CC(=O)N1CC2(CCN(c3nc(C4CCN(C)CC4)nc4c(OCC5CC5)c(-c5c(C)ccc(N)c5C=N)c(CC)cc34)CC2)C1. The number of fused-ring (bicyclic) bond motifs is 1. The first-order valence-corrected chi connectivity index (χ1v) is 17.5. The van der Waals surface area contributed by atoms with Crippen molar-refractivity contribution in [1.29, 1.82) is 5.41 Å². The van der Waals surface area contributed by atoms with E-state index in [1.165, 1.54) is 25.1 Å². The fraction of sp³-hybridized carbons (Fsp3) is 0.526. The van der Waals surface area contributed by atoms with Crippen molar-refractivity contribution < 1.29 is 9.53 Å². The third kappa shape index (κ3) is 5.88. The number of carbonyl (C=O) groups is 1. The Morgan fingerprint density at radius 1 is 1.11 bits per heavy atom. The lowest BCUT2D eigenvalue weighted by molar-refractivity contribution is -0.139. The van der Waals surface area contributed by atoms with Gasteiger partial charge in [0.25, 0.3) is 0 Å². The molecule has 248 valence electrons. The number of anilines is 2. The Balaban J connectivity index is 1.38. The van der Waals surface area contributed by atoms with Crippen LogP contribution in [0.1, 0.15) is 73.9 Å². The number of ether oxygens (including phenoxy) is 1. The van der Waals surface area contributed by atoms with Gasteiger partial charge in [0, 0.05) is 65.9 Å². The van der Waals surface area contributed by atoms with Gasteiger partial charge in [-0.25, -0.2) is 9.97 Å². The summed E-state index contributed by atoms with van der Waals surface area (Å²) in [5.74, 6) is 3.61. The Bertz CT molecular complexity index is 1710. The number of hydrogen-bond donors (Lipinski definition) is 2. The van der Waals surface area contributed by atoms with Crippen LogP contribution in [0.2, 0.25) is 0 Å². The predicted octanol–water partition coefficient (Wildman–Crippen LogP) is 5.96. The molecule has 0 bridgehead atoms. The minimum Gasteiger partial charge on any atom is -0.490 e. The molecule has 1 aliphatic carbocycles. The van der Waals surface area contributed by atoms with Crippen LogP contribution in [0.4, 0.5) is 11.5 Å². The number of nitrogens with zero attached hydrogens (tertiary/aromatic N) is 5. The van der Waals surface area contributed by atoms with Gasteiger partial charge in [-0.1, -0.05) is 19.6 Å². The van der Waals surface area contributed by atoms with Crippen molar-refractivity contribution in [1.82, 2.24) is 19.8 Å². The summed E-state index contributed by atoms with van der Waals surface area (Å²) in [6.07, 6.45) is 10.1. The summed E-state index contributed by atoms with van der Waals surface area (Å²) in [6, 6.07) is 6.24. The molecule has 2 aromatic carbocycles. The molecule has 3 saturated heterocycles. The Hall–Kier alpha value is -3.98. The van der Waals surface area contributed by atoms with Crippen molar-refractivity contribution in [3.8, 4) is 16.9 Å². The summed E-state index contributed by atoms with van der Waals surface area (Å²) in [5, 5.41) is 9.40. The Labute approximate surface area is 278 Å². The fourth-order valence-corrected chi connectivity index (χ4v) is 7.95. The lowest BCUT2D eigenvalue weighted by atomic mass is 9.72. The number of rotatable bonds is 9. The van der Waals surface area contributed by atoms with Gasteiger partial charge in [0.05, 0.1) is 6.61 Å². The van der Waals surface area contributed by atoms with Crippen LogP contribution in [0.3, 0.4) is 0 Å². The average molecular weight is 636 g/mol. The first-order chi connectivity index (χ1) is 22.7. The van der Waals surface area contributed by atoms with Crippen molar-refractivity contribution in [3.05, 3.63) is 53.4 Å². The van der Waals surface area contributed by atoms with Crippen molar-refractivity contribution in [2.45, 2.75) is 64.7 Å². The van der Waals surface area contributed by atoms with Gasteiger partial charge in [-0.3, -0.25) is 4.79 Å². The lowest BCUT2D eigenvalue weighted by Crippen LogP contribution is -2.61. The highest BCUT2D eigenvalue weighted by Gasteiger charge is 2.46. The molecule has 47 heavy (non-hydrogen) atoms. The van der Waals surface area contributed by atoms with Crippen LogP contribution in [0.5, 0.6) is 5.75 Å². The maximum atomic E-state index is 12.2. The van der Waals surface area contributed by atoms with Gasteiger partial charge in [0.15, 0.2) is 5.75 Å². The van der Waals surface area contributed by atoms with Gasteiger partial charge in [-0.15, -0.1) is 0 Å². The number of amides is 1. The minimum atomic E-state index is 0.0332. The molecule has 4 heterocycles. The van der Waals surface area contributed by atoms with E-state index in [0.717, 1.165) is 127 Å². The van der Waals surface area contributed by atoms with E-state index in [1.54, 1.807) is 0 Å². The van der Waals surface area contributed by atoms with Crippen LogP contribution in [-0.2, 0) is 11.2 Å². The van der Waals surface area contributed by atoms with Gasteiger partial charge in [0.1, 0.15) is 17.2 Å². The van der Waals surface area contributed by atoms with Crippen molar-refractivity contribution >= 4 is 34.5 Å². The smallest absolute Gasteiger partial charge is 0.245 e. The van der Waals surface area contributed by atoms with E-state index in [-0.39, 0.29) is 17.2 Å². The van der Waals surface area contributed by atoms with E-state index in [0.29, 0.717) is 18.2 Å². The van der Waals surface area contributed by atoms with Crippen molar-refractivity contribution in [3.63, 3.8) is 0 Å². The Morgan fingerprint density at radius 3 is 2.47 bits per heavy atom. The number of benzene rings is 2. The molecule has 9 nitrogen and oxygen atoms in total. The molecule has 3 aromatic rings. The van der Waals surface area contributed by atoms with Crippen LogP contribution >= 0.6 is 0 Å². The van der Waals surface area contributed by atoms with E-state index >= 15 is 0 Å². The topological polar surface area (TPSA) is 112 Å². The summed E-state index contributed by atoms with van der Waals surface area (Å²) >= 11 is 0. The molecule has 0 radical (unpaired) electrons. The zero-order chi connectivity index (χ0) is 32.9. The fourth-order valence-electron chi connectivity index (χ4n) is 7.95. The maximum Gasteiger partial charge on any atom is 0.245 e. The third-order valence-electron chi connectivity index (χ3n) is 11.2. The summed E-state index contributed by atoms with van der Waals surface area (Å²) < 4.78 is 6.89. The zero-order valence-electron chi connectivity index (χ0n) is 28.3. The van der Waals surface area contributed by atoms with Gasteiger partial charge < -0.3 is 30.6 Å². The van der Waals surface area contributed by atoms with Crippen molar-refractivity contribution in [2.75, 3.05) is 63.6 Å². The van der Waals surface area contributed by atoms with E-state index in [4.69, 9.17) is 25.8 Å². The highest BCUT2D eigenvalue weighted by atomic mass is 16.5. The standard InChI is InChI=1S/C38H49N7O2/c1-5-26-19-28-34(35(47-21-25-8-9-25)33(26)32-24(3)7-10-30(40)29(32)20-39)41-36(27-11-15-43(4)16-12-27)42-37(28)44-17-13-38(14-18-44)22-45(23-38)31(46)6-2/h6-7,10,19-20,25,27,39H,2,5,8-9,11-18,21-23,40H2,1,3-4H3. The molecule has 9 heteroatoms. The largest absolute Gasteiger partial charge is 0.490 e. The van der Waals surface area contributed by atoms with Crippen LogP contribution in [0, 0.1) is 23.7 Å². The number of hydrogen-bond acceptors (Lipinski definition) is 8. The minimum absolute atomic E-state index is 0.0332. The van der Waals surface area contributed by atoms with E-state index in [9.17, 15) is 4.79 Å². The van der Waals surface area contributed by atoms with Crippen LogP contribution < -0.4 is 15.4 Å². The van der Waals surface area contributed by atoms with Crippen LogP contribution in [0.25, 0.3) is 22.0 Å². The van der Waals surface area contributed by atoms with E-state index in [2.05, 4.69) is 49.4 Å². The number of piperidine rings is 2. The van der Waals surface area contributed by atoms with E-state index in [1.807, 2.05) is 11.0 Å². The molecule has 7 rings (SSSR count). The molecule has 3 N–H and O–H groups in total. The molecule has 0 atom stereocenters. The number of likely N-dealkylation sites (tertiary alicyclic amines) is 2. The van der Waals surface area contributed by atoms with Crippen LogP contribution in [-0.4, -0.2) is 84.8 Å². The molecule has 1 amide bonds. The summed E-state index contributed by atoms with van der Waals surface area (Å²) in [6.45, 7) is 14.1. The molecule has 1 spiro atoms. The second kappa shape index (κ2) is 12.6. The summed E-state index contributed by atoms with van der Waals surface area (Å²) in [5.41, 5.74) is 13.1. The molecule has 1 saturated carbocycles. The van der Waals surface area contributed by atoms with Gasteiger partial charge in [-0.2, -0.15) is 0 Å². The summed E-state index contributed by atoms with van der Waals surface area (Å²) in [4.78, 5) is 29.8. The lowest BCUT2D eigenvalue weighted by Gasteiger charge is -2.54. The Kier molecular flexibility index (Phi) is 8.45. The van der Waals surface area contributed by atoms with Gasteiger partial charge in [-0.05, 0) is 113 Å². The number of nitrogens with two attached hydrogens (primary N) is 1. The predicted molar refractivity (Wildman–Crippen MR) is 190 cm³/mol. The molecule has 1 aromatic heterocycles. The normalized spacial score (nSPS) is 20.0. The Morgan fingerprint density at radius 2 is 1.83 bits per heavy atom. The first kappa shape index (κ1) is 31.6. The van der Waals surface area contributed by atoms with Gasteiger partial charge >= 0.3 is 0 Å². The number of carbonyl (C=O) groups excluding carboxylic acids is 1. The number of nitrogen functional groups attached to an aromatic ring is 1. The number of aromatic nitrogens is 2. The second-order valence-corrected chi connectivity index (χ2v) is 14.5. The molecule has 4 fully saturated rings. The second-order valence-electron chi connectivity index (χ2n) is 14.5. The molecule has 3 aliphatic heterocycles. The first-order valence-electron chi connectivity index (χ1n) is 17.5. The van der Waals surface area contributed by atoms with Gasteiger partial charge in [0.2, 0.25) is 5.91 Å².